The molecule has 0 saturated carbocycles. The third-order valence-corrected chi connectivity index (χ3v) is 4.58. The second-order valence-electron chi connectivity index (χ2n) is 5.79. The van der Waals surface area contributed by atoms with E-state index in [4.69, 9.17) is 4.74 Å². The second kappa shape index (κ2) is 6.32. The van der Waals surface area contributed by atoms with Crippen molar-refractivity contribution in [1.29, 1.82) is 0 Å². The number of rotatable bonds is 4. The zero-order chi connectivity index (χ0) is 15.5. The van der Waals surface area contributed by atoms with E-state index < -0.39 is 0 Å². The molecular weight excluding hydrogens is 274 g/mol. The van der Waals surface area contributed by atoms with E-state index in [2.05, 4.69) is 60.4 Å². The lowest BCUT2D eigenvalue weighted by Crippen LogP contribution is -2.59. The third kappa shape index (κ3) is 2.64. The number of likely N-dealkylation sites (tertiary alicyclic amines) is 1. The first kappa shape index (κ1) is 14.8. The number of hydrogen-bond acceptors (Lipinski definition) is 3. The summed E-state index contributed by atoms with van der Waals surface area (Å²) in [5.74, 6) is -0.136. The molecule has 0 bridgehead atoms. The Balaban J connectivity index is 1.90. The molecule has 0 radical (unpaired) electrons. The first-order valence-electron chi connectivity index (χ1n) is 7.66. The Morgan fingerprint density at radius 2 is 1.55 bits per heavy atom. The van der Waals surface area contributed by atoms with Crippen LogP contribution in [0.2, 0.25) is 0 Å². The van der Waals surface area contributed by atoms with E-state index in [1.54, 1.807) is 0 Å². The van der Waals surface area contributed by atoms with E-state index in [9.17, 15) is 4.79 Å². The van der Waals surface area contributed by atoms with E-state index in [1.807, 2.05) is 12.1 Å². The molecular formula is C19H21NO2. The van der Waals surface area contributed by atoms with Gasteiger partial charge in [-0.15, -0.1) is 0 Å². The molecule has 0 amide bonds. The summed E-state index contributed by atoms with van der Waals surface area (Å²) in [6, 6.07) is 21.3. The Bertz CT molecular complexity index is 587. The van der Waals surface area contributed by atoms with Crippen LogP contribution in [0.5, 0.6) is 0 Å². The molecule has 1 saturated heterocycles. The van der Waals surface area contributed by atoms with Crippen LogP contribution >= 0.6 is 0 Å². The summed E-state index contributed by atoms with van der Waals surface area (Å²) >= 11 is 0. The van der Waals surface area contributed by atoms with Gasteiger partial charge in [-0.1, -0.05) is 60.7 Å². The van der Waals surface area contributed by atoms with Crippen LogP contribution in [0.4, 0.5) is 0 Å². The molecule has 1 heterocycles. The normalized spacial score (nSPS) is 21.4. The van der Waals surface area contributed by atoms with Crippen molar-refractivity contribution < 1.29 is 9.53 Å². The van der Waals surface area contributed by atoms with Crippen molar-refractivity contribution in [3.05, 3.63) is 71.8 Å². The fourth-order valence-corrected chi connectivity index (χ4v) is 3.25. The molecule has 2 aromatic rings. The minimum Gasteiger partial charge on any atom is -0.469 e. The number of methoxy groups -OCH3 is 1. The quantitative estimate of drug-likeness (QED) is 0.811. The van der Waals surface area contributed by atoms with E-state index in [0.29, 0.717) is 0 Å². The van der Waals surface area contributed by atoms with Gasteiger partial charge in [-0.05, 0) is 18.1 Å². The molecule has 2 aromatic carbocycles. The van der Waals surface area contributed by atoms with Gasteiger partial charge in [-0.2, -0.15) is 0 Å². The van der Waals surface area contributed by atoms with Crippen molar-refractivity contribution in [3.63, 3.8) is 0 Å². The van der Waals surface area contributed by atoms with Crippen molar-refractivity contribution in [2.45, 2.75) is 19.0 Å². The van der Waals surface area contributed by atoms with Gasteiger partial charge in [0.1, 0.15) is 0 Å². The minimum atomic E-state index is -0.108. The summed E-state index contributed by atoms with van der Waals surface area (Å²) < 4.78 is 4.90. The van der Waals surface area contributed by atoms with Gasteiger partial charge in [-0.25, -0.2) is 0 Å². The molecule has 3 rings (SSSR count). The lowest BCUT2D eigenvalue weighted by molar-refractivity contribution is -0.157. The largest absolute Gasteiger partial charge is 0.469 e. The predicted octanol–water partition coefficient (Wildman–Crippen LogP) is 3.27. The summed E-state index contributed by atoms with van der Waals surface area (Å²) in [7, 11) is 1.46. The van der Waals surface area contributed by atoms with Crippen molar-refractivity contribution in [2.75, 3.05) is 13.7 Å². The molecule has 0 spiro atoms. The lowest BCUT2D eigenvalue weighted by Gasteiger charge is -2.49. The van der Waals surface area contributed by atoms with Crippen LogP contribution in [0.1, 0.15) is 24.1 Å². The van der Waals surface area contributed by atoms with Crippen LogP contribution in [0.25, 0.3) is 0 Å². The number of carbonyl (C=O) groups is 1. The first-order valence-corrected chi connectivity index (χ1v) is 7.66. The maximum absolute atomic E-state index is 11.8. The van der Waals surface area contributed by atoms with Crippen LogP contribution in [0.15, 0.2) is 60.7 Å². The van der Waals surface area contributed by atoms with Crippen molar-refractivity contribution in [3.8, 4) is 0 Å². The van der Waals surface area contributed by atoms with Gasteiger partial charge in [0.15, 0.2) is 0 Å². The van der Waals surface area contributed by atoms with Gasteiger partial charge in [0, 0.05) is 12.6 Å². The maximum atomic E-state index is 11.8. The first-order chi connectivity index (χ1) is 10.7. The number of hydrogen-bond donors (Lipinski definition) is 0. The molecule has 1 fully saturated rings. The average Bonchev–Trinajstić information content (AvgIpc) is 2.58. The fraction of sp³-hybridized carbons (Fsp3) is 0.316. The lowest BCUT2D eigenvalue weighted by atomic mass is 9.84. The number of esters is 1. The fourth-order valence-electron chi connectivity index (χ4n) is 3.25. The number of benzene rings is 2. The molecule has 1 aliphatic heterocycles. The molecule has 1 aliphatic rings. The van der Waals surface area contributed by atoms with Crippen LogP contribution in [0.3, 0.4) is 0 Å². The molecule has 0 aromatic heterocycles. The number of ether oxygens (including phenoxy) is 1. The average molecular weight is 295 g/mol. The Hall–Kier alpha value is -2.13. The highest BCUT2D eigenvalue weighted by Crippen LogP contribution is 2.38. The van der Waals surface area contributed by atoms with Crippen molar-refractivity contribution in [1.82, 2.24) is 4.90 Å². The molecule has 2 atom stereocenters. The van der Waals surface area contributed by atoms with E-state index in [-0.39, 0.29) is 24.0 Å². The smallest absolute Gasteiger partial charge is 0.311 e. The molecule has 0 N–H and O–H groups in total. The number of carbonyl (C=O) groups excluding carboxylic acids is 1. The highest BCUT2D eigenvalue weighted by Gasteiger charge is 2.45. The van der Waals surface area contributed by atoms with Gasteiger partial charge < -0.3 is 4.74 Å². The standard InChI is InChI=1S/C19H21NO2/c1-14-17(19(21)22-2)13-20(14)18(15-9-5-3-6-10-15)16-11-7-4-8-12-16/h3-12,14,17-18H,13H2,1-2H3/t14-,17?/m1/s1. The Morgan fingerprint density at radius 3 is 1.95 bits per heavy atom. The molecule has 22 heavy (non-hydrogen) atoms. The SMILES string of the molecule is COC(=O)C1CN(C(c2ccccc2)c2ccccc2)[C@@H]1C. The van der Waals surface area contributed by atoms with Crippen LogP contribution in [-0.2, 0) is 9.53 Å². The molecule has 3 heteroatoms. The Kier molecular flexibility index (Phi) is 4.25. The van der Waals surface area contributed by atoms with Crippen molar-refractivity contribution >= 4 is 5.97 Å². The minimum absolute atomic E-state index is 0.0278. The Morgan fingerprint density at radius 1 is 1.05 bits per heavy atom. The van der Waals surface area contributed by atoms with E-state index >= 15 is 0 Å². The van der Waals surface area contributed by atoms with Crippen molar-refractivity contribution in [2.24, 2.45) is 5.92 Å². The number of nitrogens with zero attached hydrogens (tertiary/aromatic N) is 1. The predicted molar refractivity (Wildman–Crippen MR) is 86.4 cm³/mol. The highest BCUT2D eigenvalue weighted by atomic mass is 16.5. The van der Waals surface area contributed by atoms with Crippen LogP contribution in [-0.4, -0.2) is 30.6 Å². The summed E-state index contributed by atoms with van der Waals surface area (Å²) in [4.78, 5) is 14.2. The third-order valence-electron chi connectivity index (χ3n) is 4.58. The second-order valence-corrected chi connectivity index (χ2v) is 5.79. The molecule has 114 valence electrons. The molecule has 3 nitrogen and oxygen atoms in total. The Labute approximate surface area is 131 Å². The van der Waals surface area contributed by atoms with Gasteiger partial charge in [-0.3, -0.25) is 9.69 Å². The summed E-state index contributed by atoms with van der Waals surface area (Å²) in [5, 5.41) is 0. The topological polar surface area (TPSA) is 29.5 Å². The zero-order valence-electron chi connectivity index (χ0n) is 13.0. The van der Waals surface area contributed by atoms with Crippen LogP contribution < -0.4 is 0 Å². The highest BCUT2D eigenvalue weighted by molar-refractivity contribution is 5.74. The molecule has 0 aliphatic carbocycles. The summed E-state index contributed by atoms with van der Waals surface area (Å²) in [6.45, 7) is 2.84. The van der Waals surface area contributed by atoms with E-state index in [1.165, 1.54) is 18.2 Å². The summed E-state index contributed by atoms with van der Waals surface area (Å²) in [6.07, 6.45) is 0. The van der Waals surface area contributed by atoms with Gasteiger partial charge in [0.2, 0.25) is 0 Å². The van der Waals surface area contributed by atoms with Gasteiger partial charge in [0.05, 0.1) is 19.1 Å². The zero-order valence-corrected chi connectivity index (χ0v) is 13.0. The van der Waals surface area contributed by atoms with Gasteiger partial charge >= 0.3 is 5.97 Å². The maximum Gasteiger partial charge on any atom is 0.311 e. The molecule has 1 unspecified atom stereocenters. The van der Waals surface area contributed by atoms with Crippen LogP contribution in [0, 0.1) is 5.92 Å². The van der Waals surface area contributed by atoms with Gasteiger partial charge in [0.25, 0.3) is 0 Å². The monoisotopic (exact) mass is 295 g/mol. The van der Waals surface area contributed by atoms with E-state index in [0.717, 1.165) is 6.54 Å². The summed E-state index contributed by atoms with van der Waals surface area (Å²) in [5.41, 5.74) is 2.51.